The van der Waals surface area contributed by atoms with E-state index in [0.29, 0.717) is 35.2 Å². The number of carbonyl (C=O) groups is 1. The molecule has 0 amide bonds. The van der Waals surface area contributed by atoms with Gasteiger partial charge in [0.2, 0.25) is 5.78 Å². The zero-order valence-corrected chi connectivity index (χ0v) is 21.6. The highest BCUT2D eigenvalue weighted by molar-refractivity contribution is 6.30. The van der Waals surface area contributed by atoms with Crippen molar-refractivity contribution in [2.45, 2.75) is 19.9 Å². The van der Waals surface area contributed by atoms with Gasteiger partial charge in [-0.15, -0.1) is 0 Å². The second-order valence-corrected chi connectivity index (χ2v) is 9.37. The number of hydrogen-bond acceptors (Lipinski definition) is 6. The van der Waals surface area contributed by atoms with Crippen LogP contribution in [0.25, 0.3) is 11.2 Å². The van der Waals surface area contributed by atoms with Crippen molar-refractivity contribution < 1.29 is 4.79 Å². The molecule has 190 valence electrons. The summed E-state index contributed by atoms with van der Waals surface area (Å²) >= 11 is 6.08. The minimum atomic E-state index is -0.300. The van der Waals surface area contributed by atoms with Gasteiger partial charge in [0.25, 0.3) is 0 Å². The molecular formula is C29H26ClN7O. The van der Waals surface area contributed by atoms with Crippen LogP contribution < -0.4 is 10.6 Å². The lowest BCUT2D eigenvalue weighted by Gasteiger charge is -2.11. The molecule has 0 saturated carbocycles. The summed E-state index contributed by atoms with van der Waals surface area (Å²) < 4.78 is 3.45. The SMILES string of the molecule is Cc1ccc(C(=O)c2nn(-c3ccc(Cl)cc3)c(NCCCNCc3cc4ccccn4n3)c2C#N)cc1. The van der Waals surface area contributed by atoms with Crippen molar-refractivity contribution in [3.05, 3.63) is 112 Å². The largest absolute Gasteiger partial charge is 0.369 e. The fourth-order valence-corrected chi connectivity index (χ4v) is 4.30. The van der Waals surface area contributed by atoms with Gasteiger partial charge in [-0.2, -0.15) is 15.5 Å². The summed E-state index contributed by atoms with van der Waals surface area (Å²) in [5.41, 5.74) is 4.57. The third-order valence-electron chi connectivity index (χ3n) is 6.15. The minimum absolute atomic E-state index is 0.110. The van der Waals surface area contributed by atoms with E-state index in [4.69, 9.17) is 11.6 Å². The Morgan fingerprint density at radius 1 is 1.03 bits per heavy atom. The maximum absolute atomic E-state index is 13.3. The van der Waals surface area contributed by atoms with Crippen LogP contribution in [0, 0.1) is 18.3 Å². The Kier molecular flexibility index (Phi) is 7.50. The third-order valence-corrected chi connectivity index (χ3v) is 6.40. The van der Waals surface area contributed by atoms with Gasteiger partial charge in [0.15, 0.2) is 5.69 Å². The van der Waals surface area contributed by atoms with E-state index < -0.39 is 0 Å². The highest BCUT2D eigenvalue weighted by Crippen LogP contribution is 2.26. The molecule has 0 aliphatic rings. The summed E-state index contributed by atoms with van der Waals surface area (Å²) in [5, 5.41) is 26.5. The molecule has 0 unspecified atom stereocenters. The number of carbonyl (C=O) groups excluding carboxylic acids is 1. The summed E-state index contributed by atoms with van der Waals surface area (Å²) in [5.74, 6) is 0.178. The first-order valence-electron chi connectivity index (χ1n) is 12.3. The Bertz CT molecular complexity index is 1580. The zero-order chi connectivity index (χ0) is 26.5. The molecule has 0 radical (unpaired) electrons. The number of aromatic nitrogens is 4. The predicted octanol–water partition coefficient (Wildman–Crippen LogP) is 5.18. The maximum atomic E-state index is 13.3. The molecule has 0 atom stereocenters. The van der Waals surface area contributed by atoms with Gasteiger partial charge in [0.1, 0.15) is 17.5 Å². The van der Waals surface area contributed by atoms with Crippen LogP contribution >= 0.6 is 11.6 Å². The molecule has 5 rings (SSSR count). The number of nitrogens with one attached hydrogen (secondary N) is 2. The molecule has 2 N–H and O–H groups in total. The van der Waals surface area contributed by atoms with Crippen molar-refractivity contribution in [2.24, 2.45) is 0 Å². The van der Waals surface area contributed by atoms with Gasteiger partial charge in [-0.3, -0.25) is 4.79 Å². The number of nitrogens with zero attached hydrogens (tertiary/aromatic N) is 5. The fraction of sp³-hybridized carbons (Fsp3) is 0.172. The first-order valence-corrected chi connectivity index (χ1v) is 12.7. The Balaban J connectivity index is 1.30. The van der Waals surface area contributed by atoms with Gasteiger partial charge in [0.05, 0.1) is 16.9 Å². The number of rotatable bonds is 10. The first-order chi connectivity index (χ1) is 18.5. The lowest BCUT2D eigenvalue weighted by atomic mass is 10.0. The number of aryl methyl sites for hydroxylation is 1. The monoisotopic (exact) mass is 523 g/mol. The number of ketones is 1. The second-order valence-electron chi connectivity index (χ2n) is 8.93. The van der Waals surface area contributed by atoms with Crippen LogP contribution in [0.5, 0.6) is 0 Å². The van der Waals surface area contributed by atoms with E-state index in [9.17, 15) is 10.1 Å². The van der Waals surface area contributed by atoms with Gasteiger partial charge in [-0.25, -0.2) is 9.20 Å². The van der Waals surface area contributed by atoms with Crippen LogP contribution in [0.2, 0.25) is 5.02 Å². The standard InChI is InChI=1S/C29H26ClN7O/c1-20-6-8-21(9-7-20)28(38)27-26(18-31)29(37(35-27)24-12-10-22(30)11-13-24)33-15-4-14-32-19-23-17-25-5-2-3-16-36(25)34-23/h2-3,5-13,16-17,32-33H,4,14-15,19H2,1H3. The molecule has 5 aromatic rings. The summed E-state index contributed by atoms with van der Waals surface area (Å²) in [6.45, 7) is 3.93. The molecule has 0 saturated heterocycles. The molecular weight excluding hydrogens is 498 g/mol. The van der Waals surface area contributed by atoms with Crippen LogP contribution in [-0.4, -0.2) is 38.3 Å². The molecule has 3 heterocycles. The fourth-order valence-electron chi connectivity index (χ4n) is 4.17. The van der Waals surface area contributed by atoms with E-state index in [1.807, 2.05) is 48.0 Å². The molecule has 3 aromatic heterocycles. The van der Waals surface area contributed by atoms with Crippen molar-refractivity contribution in [1.82, 2.24) is 24.7 Å². The van der Waals surface area contributed by atoms with E-state index in [1.165, 1.54) is 0 Å². The number of hydrogen-bond donors (Lipinski definition) is 2. The van der Waals surface area contributed by atoms with E-state index in [2.05, 4.69) is 33.0 Å². The van der Waals surface area contributed by atoms with E-state index in [-0.39, 0.29) is 17.0 Å². The third kappa shape index (κ3) is 5.44. The van der Waals surface area contributed by atoms with E-state index in [1.54, 1.807) is 41.1 Å². The minimum Gasteiger partial charge on any atom is -0.369 e. The van der Waals surface area contributed by atoms with Gasteiger partial charge in [-0.1, -0.05) is 47.5 Å². The van der Waals surface area contributed by atoms with Gasteiger partial charge >= 0.3 is 0 Å². The molecule has 2 aromatic carbocycles. The van der Waals surface area contributed by atoms with Crippen LogP contribution in [0.15, 0.2) is 79.0 Å². The lowest BCUT2D eigenvalue weighted by Crippen LogP contribution is -2.18. The summed E-state index contributed by atoms with van der Waals surface area (Å²) in [4.78, 5) is 13.3. The van der Waals surface area contributed by atoms with Crippen LogP contribution in [-0.2, 0) is 6.54 Å². The van der Waals surface area contributed by atoms with E-state index in [0.717, 1.165) is 29.7 Å². The summed E-state index contributed by atoms with van der Waals surface area (Å²) in [6, 6.07) is 24.6. The Labute approximate surface area is 225 Å². The topological polar surface area (TPSA) is 100 Å². The number of anilines is 1. The van der Waals surface area contributed by atoms with Crippen molar-refractivity contribution in [1.29, 1.82) is 5.26 Å². The Morgan fingerprint density at radius 2 is 1.82 bits per heavy atom. The van der Waals surface area contributed by atoms with Gasteiger partial charge < -0.3 is 10.6 Å². The van der Waals surface area contributed by atoms with Crippen LogP contribution in [0.3, 0.4) is 0 Å². The van der Waals surface area contributed by atoms with Crippen LogP contribution in [0.4, 0.5) is 5.82 Å². The van der Waals surface area contributed by atoms with Gasteiger partial charge in [0, 0.05) is 29.9 Å². The zero-order valence-electron chi connectivity index (χ0n) is 20.9. The average Bonchev–Trinajstić information content (AvgIpc) is 3.52. The Hall–Kier alpha value is -4.45. The van der Waals surface area contributed by atoms with Gasteiger partial charge in [-0.05, 0) is 62.4 Å². The quantitative estimate of drug-likeness (QED) is 0.193. The van der Waals surface area contributed by atoms with Crippen molar-refractivity contribution in [2.75, 3.05) is 18.4 Å². The highest BCUT2D eigenvalue weighted by atomic mass is 35.5. The number of halogens is 1. The number of pyridine rings is 1. The Morgan fingerprint density at radius 3 is 2.55 bits per heavy atom. The summed E-state index contributed by atoms with van der Waals surface area (Å²) in [6.07, 6.45) is 2.71. The summed E-state index contributed by atoms with van der Waals surface area (Å²) in [7, 11) is 0. The van der Waals surface area contributed by atoms with Crippen molar-refractivity contribution in [3.63, 3.8) is 0 Å². The molecule has 0 aliphatic carbocycles. The number of fused-ring (bicyclic) bond motifs is 1. The molecule has 0 spiro atoms. The lowest BCUT2D eigenvalue weighted by molar-refractivity contribution is 0.103. The predicted molar refractivity (Wildman–Crippen MR) is 148 cm³/mol. The highest BCUT2D eigenvalue weighted by Gasteiger charge is 2.25. The van der Waals surface area contributed by atoms with Crippen LogP contribution in [0.1, 0.15) is 39.3 Å². The molecule has 9 heteroatoms. The van der Waals surface area contributed by atoms with E-state index >= 15 is 0 Å². The average molecular weight is 524 g/mol. The molecule has 0 bridgehead atoms. The normalized spacial score (nSPS) is 11.0. The molecule has 38 heavy (non-hydrogen) atoms. The smallest absolute Gasteiger partial charge is 0.214 e. The molecule has 0 fully saturated rings. The number of nitriles is 1. The number of benzene rings is 2. The second kappa shape index (κ2) is 11.3. The van der Waals surface area contributed by atoms with Crippen molar-refractivity contribution in [3.8, 4) is 11.8 Å². The molecule has 0 aliphatic heterocycles. The first kappa shape index (κ1) is 25.2. The van der Waals surface area contributed by atoms with Crippen molar-refractivity contribution >= 4 is 28.7 Å². The maximum Gasteiger partial charge on any atom is 0.214 e. The molecule has 8 nitrogen and oxygen atoms in total.